The van der Waals surface area contributed by atoms with Gasteiger partial charge in [-0.15, -0.1) is 0 Å². The number of amides is 1. The van der Waals surface area contributed by atoms with Crippen molar-refractivity contribution in [1.82, 2.24) is 15.3 Å². The summed E-state index contributed by atoms with van der Waals surface area (Å²) in [5, 5.41) is 5.90. The molecule has 1 saturated carbocycles. The van der Waals surface area contributed by atoms with E-state index in [1.807, 2.05) is 24.3 Å². The third-order valence-corrected chi connectivity index (χ3v) is 3.55. The first-order valence-corrected chi connectivity index (χ1v) is 7.91. The lowest BCUT2D eigenvalue weighted by atomic mass is 10.1. The predicted octanol–water partition coefficient (Wildman–Crippen LogP) is 1.93. The summed E-state index contributed by atoms with van der Waals surface area (Å²) in [4.78, 5) is 19.2. The van der Waals surface area contributed by atoms with Gasteiger partial charge >= 0.3 is 0 Å². The molecule has 2 N–H and O–H groups in total. The van der Waals surface area contributed by atoms with Crippen molar-refractivity contribution in [2.45, 2.75) is 25.3 Å². The maximum Gasteiger partial charge on any atom is 0.258 e. The molecule has 1 aromatic carbocycles. The highest BCUT2D eigenvalue weighted by Crippen LogP contribution is 2.18. The molecule has 7 heteroatoms. The van der Waals surface area contributed by atoms with Crippen molar-refractivity contribution < 1.29 is 13.9 Å². The van der Waals surface area contributed by atoms with E-state index in [9.17, 15) is 9.18 Å². The van der Waals surface area contributed by atoms with Crippen molar-refractivity contribution in [1.29, 1.82) is 0 Å². The zero-order valence-electron chi connectivity index (χ0n) is 13.2. The number of rotatable bonds is 8. The Labute approximate surface area is 139 Å². The van der Waals surface area contributed by atoms with Gasteiger partial charge in [-0.3, -0.25) is 4.79 Å². The first kappa shape index (κ1) is 16.2. The number of ether oxygens (including phenoxy) is 1. The largest absolute Gasteiger partial charge is 0.484 e. The minimum absolute atomic E-state index is 0.0410. The Morgan fingerprint density at radius 2 is 1.92 bits per heavy atom. The zero-order chi connectivity index (χ0) is 16.8. The molecule has 2 aromatic rings. The van der Waals surface area contributed by atoms with Crippen molar-refractivity contribution in [3.05, 3.63) is 48.0 Å². The number of carbonyl (C=O) groups excluding carboxylic acids is 1. The lowest BCUT2D eigenvalue weighted by Gasteiger charge is -2.08. The van der Waals surface area contributed by atoms with Gasteiger partial charge in [-0.05, 0) is 37.0 Å². The van der Waals surface area contributed by atoms with Crippen LogP contribution in [0.1, 0.15) is 18.4 Å². The average Bonchev–Trinajstić information content (AvgIpc) is 3.40. The Balaban J connectivity index is 1.39. The van der Waals surface area contributed by atoms with Crippen LogP contribution in [0.5, 0.6) is 5.75 Å². The first-order valence-electron chi connectivity index (χ1n) is 7.91. The summed E-state index contributed by atoms with van der Waals surface area (Å²) >= 11 is 0. The highest BCUT2D eigenvalue weighted by molar-refractivity contribution is 5.78. The molecule has 0 saturated heterocycles. The first-order chi connectivity index (χ1) is 11.7. The third kappa shape index (κ3) is 5.19. The van der Waals surface area contributed by atoms with E-state index in [0.717, 1.165) is 37.2 Å². The molecule has 24 heavy (non-hydrogen) atoms. The number of nitrogens with zero attached hydrogens (tertiary/aromatic N) is 2. The fourth-order valence-corrected chi connectivity index (χ4v) is 2.12. The highest BCUT2D eigenvalue weighted by Gasteiger charge is 2.23. The summed E-state index contributed by atoms with van der Waals surface area (Å²) < 4.78 is 18.2. The minimum atomic E-state index is -0.457. The summed E-state index contributed by atoms with van der Waals surface area (Å²) in [6, 6.07) is 7.92. The van der Waals surface area contributed by atoms with Gasteiger partial charge in [0.2, 0.25) is 5.95 Å². The Morgan fingerprint density at radius 3 is 2.58 bits per heavy atom. The van der Waals surface area contributed by atoms with Crippen molar-refractivity contribution in [3.63, 3.8) is 0 Å². The number of nitrogens with one attached hydrogen (secondary N) is 2. The van der Waals surface area contributed by atoms with Crippen LogP contribution in [0.15, 0.2) is 36.7 Å². The fraction of sp³-hybridized carbons (Fsp3) is 0.353. The van der Waals surface area contributed by atoms with E-state index < -0.39 is 5.82 Å². The van der Waals surface area contributed by atoms with E-state index in [4.69, 9.17) is 4.74 Å². The number of hydrogen-bond acceptors (Lipinski definition) is 5. The Morgan fingerprint density at radius 1 is 1.21 bits per heavy atom. The van der Waals surface area contributed by atoms with Gasteiger partial charge in [-0.2, -0.15) is 0 Å². The standard InChI is InChI=1S/C17H19FN4O2/c18-13-9-20-17(21-10-13)19-8-7-12-1-5-15(6-2-12)24-11-16(23)22-14-3-4-14/h1-2,5-6,9-10,14H,3-4,7-8,11H2,(H,22,23)(H,19,20,21). The smallest absolute Gasteiger partial charge is 0.258 e. The van der Waals surface area contributed by atoms with E-state index in [0.29, 0.717) is 24.3 Å². The molecule has 0 unspecified atom stereocenters. The molecule has 126 valence electrons. The quantitative estimate of drug-likeness (QED) is 0.773. The van der Waals surface area contributed by atoms with Crippen molar-refractivity contribution in [3.8, 4) is 5.75 Å². The van der Waals surface area contributed by atoms with Crippen LogP contribution >= 0.6 is 0 Å². The summed E-state index contributed by atoms with van der Waals surface area (Å²) in [5.41, 5.74) is 1.11. The van der Waals surface area contributed by atoms with Gasteiger partial charge < -0.3 is 15.4 Å². The number of benzene rings is 1. The molecule has 1 heterocycles. The molecule has 1 amide bonds. The molecular weight excluding hydrogens is 311 g/mol. The lowest BCUT2D eigenvalue weighted by Crippen LogP contribution is -2.30. The number of anilines is 1. The second-order valence-electron chi connectivity index (χ2n) is 5.68. The predicted molar refractivity (Wildman–Crippen MR) is 87.3 cm³/mol. The molecule has 1 aliphatic carbocycles. The number of carbonyl (C=O) groups is 1. The molecule has 0 aliphatic heterocycles. The van der Waals surface area contributed by atoms with E-state index in [1.54, 1.807) is 0 Å². The van der Waals surface area contributed by atoms with Crippen LogP contribution in [0.4, 0.5) is 10.3 Å². The SMILES string of the molecule is O=C(COc1ccc(CCNc2ncc(F)cn2)cc1)NC1CC1. The summed E-state index contributed by atoms with van der Waals surface area (Å²) in [6.07, 6.45) is 5.15. The van der Waals surface area contributed by atoms with E-state index in [2.05, 4.69) is 20.6 Å². The van der Waals surface area contributed by atoms with Gasteiger partial charge in [0.25, 0.3) is 5.91 Å². The van der Waals surface area contributed by atoms with Crippen LogP contribution in [0, 0.1) is 5.82 Å². The molecule has 3 rings (SSSR count). The number of aromatic nitrogens is 2. The lowest BCUT2D eigenvalue weighted by molar-refractivity contribution is -0.123. The molecular formula is C17H19FN4O2. The summed E-state index contributed by atoms with van der Waals surface area (Å²) in [5.74, 6) is 0.532. The molecule has 6 nitrogen and oxygen atoms in total. The zero-order valence-corrected chi connectivity index (χ0v) is 13.2. The van der Waals surface area contributed by atoms with Crippen molar-refractivity contribution >= 4 is 11.9 Å². The van der Waals surface area contributed by atoms with Gasteiger partial charge in [0.15, 0.2) is 12.4 Å². The molecule has 0 spiro atoms. The monoisotopic (exact) mass is 330 g/mol. The van der Waals surface area contributed by atoms with E-state index >= 15 is 0 Å². The van der Waals surface area contributed by atoms with Crippen LogP contribution in [0.2, 0.25) is 0 Å². The average molecular weight is 330 g/mol. The van der Waals surface area contributed by atoms with E-state index in [-0.39, 0.29) is 12.5 Å². The van der Waals surface area contributed by atoms with E-state index in [1.165, 1.54) is 0 Å². The van der Waals surface area contributed by atoms with Crippen LogP contribution in [-0.2, 0) is 11.2 Å². The Bertz CT molecular complexity index is 672. The van der Waals surface area contributed by atoms with Crippen LogP contribution in [0.3, 0.4) is 0 Å². The van der Waals surface area contributed by atoms with Gasteiger partial charge in [0, 0.05) is 12.6 Å². The number of hydrogen-bond donors (Lipinski definition) is 2. The maximum absolute atomic E-state index is 12.7. The molecule has 1 aromatic heterocycles. The normalized spacial score (nSPS) is 13.4. The molecule has 0 radical (unpaired) electrons. The van der Waals surface area contributed by atoms with Crippen LogP contribution in [0.25, 0.3) is 0 Å². The molecule has 1 aliphatic rings. The highest BCUT2D eigenvalue weighted by atomic mass is 19.1. The van der Waals surface area contributed by atoms with Gasteiger partial charge in [0.05, 0.1) is 12.4 Å². The van der Waals surface area contributed by atoms with Crippen LogP contribution in [-0.4, -0.2) is 35.1 Å². The number of halogens is 1. The maximum atomic E-state index is 12.7. The Hall–Kier alpha value is -2.70. The summed E-state index contributed by atoms with van der Waals surface area (Å²) in [7, 11) is 0. The second kappa shape index (κ2) is 7.72. The van der Waals surface area contributed by atoms with Crippen LogP contribution < -0.4 is 15.4 Å². The van der Waals surface area contributed by atoms with Crippen molar-refractivity contribution in [2.75, 3.05) is 18.5 Å². The molecule has 0 atom stereocenters. The molecule has 1 fully saturated rings. The fourth-order valence-electron chi connectivity index (χ4n) is 2.12. The van der Waals surface area contributed by atoms with Gasteiger partial charge in [-0.1, -0.05) is 12.1 Å². The molecule has 0 bridgehead atoms. The summed E-state index contributed by atoms with van der Waals surface area (Å²) in [6.45, 7) is 0.676. The minimum Gasteiger partial charge on any atom is -0.484 e. The van der Waals surface area contributed by atoms with Crippen molar-refractivity contribution in [2.24, 2.45) is 0 Å². The second-order valence-corrected chi connectivity index (χ2v) is 5.68. The van der Waals surface area contributed by atoms with Gasteiger partial charge in [-0.25, -0.2) is 14.4 Å². The van der Waals surface area contributed by atoms with Gasteiger partial charge in [0.1, 0.15) is 5.75 Å². The third-order valence-electron chi connectivity index (χ3n) is 3.55. The Kier molecular flexibility index (Phi) is 5.20. The topological polar surface area (TPSA) is 76.1 Å².